The van der Waals surface area contributed by atoms with Crippen molar-refractivity contribution in [1.29, 1.82) is 0 Å². The molecule has 0 radical (unpaired) electrons. The summed E-state index contributed by atoms with van der Waals surface area (Å²) >= 11 is 3.41. The molecule has 3 rings (SSSR count). The summed E-state index contributed by atoms with van der Waals surface area (Å²) in [6, 6.07) is 12.0. The summed E-state index contributed by atoms with van der Waals surface area (Å²) in [5.41, 5.74) is 5.36. The van der Waals surface area contributed by atoms with Crippen LogP contribution in [0.5, 0.6) is 0 Å². The molecule has 0 atom stereocenters. The van der Waals surface area contributed by atoms with Gasteiger partial charge in [-0.15, -0.1) is 0 Å². The first-order valence-corrected chi connectivity index (χ1v) is 7.62. The molecule has 0 unspecified atom stereocenters. The Balaban J connectivity index is 1.84. The molecule has 2 nitrogen and oxygen atoms in total. The molecule has 2 aromatic carbocycles. The van der Waals surface area contributed by atoms with Gasteiger partial charge in [-0.2, -0.15) is 0 Å². The predicted octanol–water partition coefficient (Wildman–Crippen LogP) is 4.50. The Kier molecular flexibility index (Phi) is 3.62. The monoisotopic (exact) mass is 329 g/mol. The highest BCUT2D eigenvalue weighted by Gasteiger charge is 2.13. The summed E-state index contributed by atoms with van der Waals surface area (Å²) < 4.78 is 0.919. The van der Waals surface area contributed by atoms with Crippen molar-refractivity contribution in [2.24, 2.45) is 0 Å². The zero-order valence-electron chi connectivity index (χ0n) is 11.4. The van der Waals surface area contributed by atoms with Crippen LogP contribution < -0.4 is 5.32 Å². The maximum absolute atomic E-state index is 12.4. The van der Waals surface area contributed by atoms with Gasteiger partial charge >= 0.3 is 0 Å². The van der Waals surface area contributed by atoms with E-state index >= 15 is 0 Å². The van der Waals surface area contributed by atoms with Gasteiger partial charge in [-0.1, -0.05) is 28.1 Å². The Morgan fingerprint density at radius 1 is 1.10 bits per heavy atom. The highest BCUT2D eigenvalue weighted by molar-refractivity contribution is 9.10. The summed E-state index contributed by atoms with van der Waals surface area (Å²) in [5.74, 6) is -0.0539. The van der Waals surface area contributed by atoms with Gasteiger partial charge in [0.25, 0.3) is 5.91 Å². The fraction of sp³-hybridized carbons (Fsp3) is 0.235. The van der Waals surface area contributed by atoms with Gasteiger partial charge in [-0.3, -0.25) is 4.79 Å². The molecule has 102 valence electrons. The molecule has 0 heterocycles. The number of hydrogen-bond donors (Lipinski definition) is 1. The topological polar surface area (TPSA) is 29.1 Å². The molecule has 3 heteroatoms. The molecule has 0 aliphatic heterocycles. The molecular weight excluding hydrogens is 314 g/mol. The lowest BCUT2D eigenvalue weighted by atomic mass is 10.1. The molecule has 1 amide bonds. The molecule has 1 N–H and O–H groups in total. The van der Waals surface area contributed by atoms with Crippen LogP contribution in [0.2, 0.25) is 0 Å². The lowest BCUT2D eigenvalue weighted by molar-refractivity contribution is 0.102. The number of carbonyl (C=O) groups excluding carboxylic acids is 1. The van der Waals surface area contributed by atoms with Gasteiger partial charge in [-0.25, -0.2) is 0 Å². The van der Waals surface area contributed by atoms with Gasteiger partial charge in [0.05, 0.1) is 0 Å². The van der Waals surface area contributed by atoms with E-state index in [1.54, 1.807) is 0 Å². The molecule has 0 spiro atoms. The van der Waals surface area contributed by atoms with Crippen molar-refractivity contribution in [3.8, 4) is 0 Å². The third kappa shape index (κ3) is 2.63. The molecule has 0 bridgehead atoms. The fourth-order valence-electron chi connectivity index (χ4n) is 2.69. The van der Waals surface area contributed by atoms with Crippen LogP contribution in [0.4, 0.5) is 5.69 Å². The number of amides is 1. The number of aryl methyl sites for hydroxylation is 3. The minimum atomic E-state index is -0.0539. The minimum absolute atomic E-state index is 0.0539. The Bertz CT molecular complexity index is 679. The second-order valence-electron chi connectivity index (χ2n) is 5.25. The number of fused-ring (bicyclic) bond motifs is 1. The second kappa shape index (κ2) is 5.41. The standard InChI is InChI=1S/C17H16BrNO/c1-11-5-7-14(18)10-16(11)17(20)19-15-8-6-12-3-2-4-13(12)9-15/h5-10H,2-4H2,1H3,(H,19,20). The van der Waals surface area contributed by atoms with Gasteiger partial charge in [0.1, 0.15) is 0 Å². The molecule has 0 aromatic heterocycles. The Morgan fingerprint density at radius 3 is 2.75 bits per heavy atom. The van der Waals surface area contributed by atoms with Gasteiger partial charge in [0, 0.05) is 15.7 Å². The molecule has 1 aliphatic carbocycles. The number of nitrogens with one attached hydrogen (secondary N) is 1. The van der Waals surface area contributed by atoms with E-state index in [1.807, 2.05) is 31.2 Å². The number of carbonyl (C=O) groups is 1. The van der Waals surface area contributed by atoms with Crippen molar-refractivity contribution < 1.29 is 4.79 Å². The molecule has 0 fully saturated rings. The second-order valence-corrected chi connectivity index (χ2v) is 6.17. The van der Waals surface area contributed by atoms with E-state index in [2.05, 4.69) is 33.4 Å². The highest BCUT2D eigenvalue weighted by Crippen LogP contribution is 2.25. The summed E-state index contributed by atoms with van der Waals surface area (Å²) in [5, 5.41) is 3.00. The van der Waals surface area contributed by atoms with Crippen LogP contribution in [-0.2, 0) is 12.8 Å². The van der Waals surface area contributed by atoms with Crippen molar-refractivity contribution in [2.45, 2.75) is 26.2 Å². The van der Waals surface area contributed by atoms with E-state index < -0.39 is 0 Å². The predicted molar refractivity (Wildman–Crippen MR) is 85.3 cm³/mol. The van der Waals surface area contributed by atoms with Crippen molar-refractivity contribution in [1.82, 2.24) is 0 Å². The van der Waals surface area contributed by atoms with Crippen LogP contribution in [0, 0.1) is 6.92 Å². The zero-order chi connectivity index (χ0) is 14.1. The summed E-state index contributed by atoms with van der Waals surface area (Å²) in [4.78, 5) is 12.4. The Morgan fingerprint density at radius 2 is 1.90 bits per heavy atom. The van der Waals surface area contributed by atoms with Crippen LogP contribution >= 0.6 is 15.9 Å². The van der Waals surface area contributed by atoms with Crippen molar-refractivity contribution in [3.05, 3.63) is 63.1 Å². The Labute approximate surface area is 127 Å². The third-order valence-electron chi connectivity index (χ3n) is 3.80. The third-order valence-corrected chi connectivity index (χ3v) is 4.29. The highest BCUT2D eigenvalue weighted by atomic mass is 79.9. The first-order valence-electron chi connectivity index (χ1n) is 6.83. The number of anilines is 1. The number of benzene rings is 2. The van der Waals surface area contributed by atoms with E-state index in [0.717, 1.165) is 28.6 Å². The maximum Gasteiger partial charge on any atom is 0.255 e. The zero-order valence-corrected chi connectivity index (χ0v) is 13.0. The van der Waals surface area contributed by atoms with Crippen LogP contribution in [0.15, 0.2) is 40.9 Å². The molecule has 0 saturated carbocycles. The average Bonchev–Trinajstić information content (AvgIpc) is 2.89. The van der Waals surface area contributed by atoms with Crippen LogP contribution in [0.25, 0.3) is 0 Å². The lowest BCUT2D eigenvalue weighted by Gasteiger charge is -2.09. The van der Waals surface area contributed by atoms with E-state index in [-0.39, 0.29) is 5.91 Å². The smallest absolute Gasteiger partial charge is 0.255 e. The SMILES string of the molecule is Cc1ccc(Br)cc1C(=O)Nc1ccc2c(c1)CCC2. The molecule has 0 saturated heterocycles. The first-order chi connectivity index (χ1) is 9.63. The van der Waals surface area contributed by atoms with E-state index in [4.69, 9.17) is 0 Å². The van der Waals surface area contributed by atoms with Crippen molar-refractivity contribution in [2.75, 3.05) is 5.32 Å². The number of rotatable bonds is 2. The summed E-state index contributed by atoms with van der Waals surface area (Å²) in [7, 11) is 0. The van der Waals surface area contributed by atoms with Crippen LogP contribution in [-0.4, -0.2) is 5.91 Å². The molecule has 20 heavy (non-hydrogen) atoms. The summed E-state index contributed by atoms with van der Waals surface area (Å²) in [6.07, 6.45) is 3.50. The quantitative estimate of drug-likeness (QED) is 0.863. The van der Waals surface area contributed by atoms with E-state index in [1.165, 1.54) is 17.5 Å². The van der Waals surface area contributed by atoms with E-state index in [0.29, 0.717) is 5.56 Å². The van der Waals surface area contributed by atoms with Crippen molar-refractivity contribution in [3.63, 3.8) is 0 Å². The largest absolute Gasteiger partial charge is 0.322 e. The van der Waals surface area contributed by atoms with E-state index in [9.17, 15) is 4.79 Å². The average molecular weight is 330 g/mol. The van der Waals surface area contributed by atoms with Crippen molar-refractivity contribution >= 4 is 27.5 Å². The first kappa shape index (κ1) is 13.4. The van der Waals surface area contributed by atoms with Gasteiger partial charge in [-0.05, 0) is 67.1 Å². The molecule has 2 aromatic rings. The fourth-order valence-corrected chi connectivity index (χ4v) is 3.05. The summed E-state index contributed by atoms with van der Waals surface area (Å²) in [6.45, 7) is 1.95. The Hall–Kier alpha value is -1.61. The van der Waals surface area contributed by atoms with Gasteiger partial charge in [0.2, 0.25) is 0 Å². The molecular formula is C17H16BrNO. The minimum Gasteiger partial charge on any atom is -0.322 e. The molecule has 1 aliphatic rings. The van der Waals surface area contributed by atoms with Gasteiger partial charge < -0.3 is 5.32 Å². The lowest BCUT2D eigenvalue weighted by Crippen LogP contribution is -2.13. The van der Waals surface area contributed by atoms with Crippen LogP contribution in [0.1, 0.15) is 33.5 Å². The van der Waals surface area contributed by atoms with Gasteiger partial charge in [0.15, 0.2) is 0 Å². The maximum atomic E-state index is 12.4. The van der Waals surface area contributed by atoms with Crippen LogP contribution in [0.3, 0.4) is 0 Å². The number of halogens is 1. The normalized spacial score (nSPS) is 13.1. The number of hydrogen-bond acceptors (Lipinski definition) is 1.